The van der Waals surface area contributed by atoms with Crippen LogP contribution in [0.1, 0.15) is 21.5 Å². The van der Waals surface area contributed by atoms with Gasteiger partial charge in [-0.15, -0.1) is 0 Å². The molecule has 0 aromatic heterocycles. The van der Waals surface area contributed by atoms with Gasteiger partial charge in [-0.25, -0.2) is 0 Å². The van der Waals surface area contributed by atoms with Crippen LogP contribution in [0.25, 0.3) is 6.08 Å². The van der Waals surface area contributed by atoms with Crippen LogP contribution >= 0.6 is 0 Å². The first-order valence-electron chi connectivity index (χ1n) is 8.76. The number of hydrogen-bond donors (Lipinski definition) is 2. The molecule has 0 radical (unpaired) electrons. The molecular weight excluding hydrogens is 352 g/mol. The van der Waals surface area contributed by atoms with Crippen molar-refractivity contribution in [3.63, 3.8) is 0 Å². The lowest BCUT2D eigenvalue weighted by molar-refractivity contribution is -0.111. The highest BCUT2D eigenvalue weighted by Crippen LogP contribution is 2.15. The van der Waals surface area contributed by atoms with E-state index in [0.29, 0.717) is 17.9 Å². The van der Waals surface area contributed by atoms with Gasteiger partial charge in [0, 0.05) is 17.3 Å². The van der Waals surface area contributed by atoms with Gasteiger partial charge in [0.05, 0.1) is 0 Å². The topological polar surface area (TPSA) is 81.4 Å². The van der Waals surface area contributed by atoms with Gasteiger partial charge >= 0.3 is 0 Å². The van der Waals surface area contributed by atoms with E-state index < -0.39 is 5.91 Å². The van der Waals surface area contributed by atoms with Gasteiger partial charge in [-0.05, 0) is 53.6 Å². The molecule has 28 heavy (non-hydrogen) atoms. The van der Waals surface area contributed by atoms with E-state index in [-0.39, 0.29) is 5.91 Å². The molecule has 0 aliphatic rings. The van der Waals surface area contributed by atoms with E-state index in [2.05, 4.69) is 5.32 Å². The highest BCUT2D eigenvalue weighted by atomic mass is 16.5. The predicted octanol–water partition coefficient (Wildman–Crippen LogP) is 4.02. The Labute approximate surface area is 163 Å². The Hall–Kier alpha value is -3.86. The molecule has 3 rings (SSSR count). The first-order chi connectivity index (χ1) is 13.6. The maximum Gasteiger partial charge on any atom is 0.248 e. The van der Waals surface area contributed by atoms with Crippen LogP contribution in [0, 0.1) is 0 Å². The molecule has 0 saturated heterocycles. The number of nitrogens with one attached hydrogen (secondary N) is 1. The first kappa shape index (κ1) is 18.9. The minimum atomic E-state index is -0.506. The smallest absolute Gasteiger partial charge is 0.248 e. The molecule has 3 aromatic carbocycles. The number of benzene rings is 3. The summed E-state index contributed by atoms with van der Waals surface area (Å²) in [7, 11) is 0. The molecule has 0 heterocycles. The van der Waals surface area contributed by atoms with Crippen molar-refractivity contribution in [1.82, 2.24) is 0 Å². The van der Waals surface area contributed by atoms with Crippen molar-refractivity contribution in [3.05, 3.63) is 102 Å². The maximum absolute atomic E-state index is 12.0. The highest BCUT2D eigenvalue weighted by Gasteiger charge is 2.02. The van der Waals surface area contributed by atoms with Crippen LogP contribution in [0.2, 0.25) is 0 Å². The molecule has 0 fully saturated rings. The zero-order chi connectivity index (χ0) is 19.8. The van der Waals surface area contributed by atoms with Gasteiger partial charge in [0.1, 0.15) is 12.4 Å². The number of carbonyl (C=O) groups excluding carboxylic acids is 2. The third kappa shape index (κ3) is 5.57. The summed E-state index contributed by atoms with van der Waals surface area (Å²) in [5.41, 5.74) is 8.15. The summed E-state index contributed by atoms with van der Waals surface area (Å²) in [6.45, 7) is 0.507. The fraction of sp³-hybridized carbons (Fsp3) is 0.0435. The molecule has 3 N–H and O–H groups in total. The lowest BCUT2D eigenvalue weighted by Crippen LogP contribution is -2.11. The number of carbonyl (C=O) groups is 2. The lowest BCUT2D eigenvalue weighted by Gasteiger charge is -2.06. The molecule has 5 nitrogen and oxygen atoms in total. The quantitative estimate of drug-likeness (QED) is 0.615. The molecule has 0 saturated carbocycles. The minimum absolute atomic E-state index is 0.267. The van der Waals surface area contributed by atoms with Crippen molar-refractivity contribution >= 4 is 23.6 Å². The first-order valence-corrected chi connectivity index (χ1v) is 8.76. The fourth-order valence-corrected chi connectivity index (χ4v) is 2.49. The maximum atomic E-state index is 12.0. The largest absolute Gasteiger partial charge is 0.489 e. The molecule has 0 bridgehead atoms. The summed E-state index contributed by atoms with van der Waals surface area (Å²) in [6, 6.07) is 23.8. The third-order valence-electron chi connectivity index (χ3n) is 3.99. The minimum Gasteiger partial charge on any atom is -0.489 e. The van der Waals surface area contributed by atoms with E-state index in [1.807, 2.05) is 54.6 Å². The average Bonchev–Trinajstić information content (AvgIpc) is 2.72. The van der Waals surface area contributed by atoms with Crippen molar-refractivity contribution in [2.75, 3.05) is 5.32 Å². The molecule has 2 amide bonds. The van der Waals surface area contributed by atoms with Crippen LogP contribution in [0.15, 0.2) is 84.9 Å². The van der Waals surface area contributed by atoms with Crippen molar-refractivity contribution in [3.8, 4) is 5.75 Å². The van der Waals surface area contributed by atoms with Crippen LogP contribution in [-0.4, -0.2) is 11.8 Å². The summed E-state index contributed by atoms with van der Waals surface area (Å²) in [4.78, 5) is 23.1. The van der Waals surface area contributed by atoms with Gasteiger partial charge < -0.3 is 15.8 Å². The number of nitrogens with two attached hydrogens (primary N) is 1. The van der Waals surface area contributed by atoms with Crippen LogP contribution in [-0.2, 0) is 11.4 Å². The van der Waals surface area contributed by atoms with Gasteiger partial charge in [0.2, 0.25) is 11.8 Å². The summed E-state index contributed by atoms with van der Waals surface area (Å²) in [5.74, 6) is -0.00908. The Kier molecular flexibility index (Phi) is 6.21. The van der Waals surface area contributed by atoms with E-state index in [1.54, 1.807) is 30.3 Å². The molecule has 3 aromatic rings. The van der Waals surface area contributed by atoms with Gasteiger partial charge in [-0.3, -0.25) is 9.59 Å². The van der Waals surface area contributed by atoms with E-state index >= 15 is 0 Å². The van der Waals surface area contributed by atoms with Gasteiger partial charge in [0.15, 0.2) is 0 Å². The molecular formula is C23H20N2O3. The summed E-state index contributed by atoms with van der Waals surface area (Å²) >= 11 is 0. The number of rotatable bonds is 7. The Morgan fingerprint density at radius 2 is 1.57 bits per heavy atom. The number of anilines is 1. The van der Waals surface area contributed by atoms with Crippen molar-refractivity contribution in [2.45, 2.75) is 6.61 Å². The second-order valence-electron chi connectivity index (χ2n) is 6.11. The van der Waals surface area contributed by atoms with Gasteiger partial charge in [-0.2, -0.15) is 0 Å². The summed E-state index contributed by atoms with van der Waals surface area (Å²) in [5, 5.41) is 2.73. The Bertz CT molecular complexity index is 963. The molecule has 0 unspecified atom stereocenters. The van der Waals surface area contributed by atoms with Gasteiger partial charge in [-0.1, -0.05) is 42.5 Å². The normalized spacial score (nSPS) is 10.6. The number of amides is 2. The standard InChI is InChI=1S/C23H20N2O3/c24-23(27)19-9-11-20(12-10-19)25-22(26)15-8-17-6-13-21(14-7-17)28-16-18-4-2-1-3-5-18/h1-15H,16H2,(H2,24,27)(H,25,26). The van der Waals surface area contributed by atoms with Crippen LogP contribution < -0.4 is 15.8 Å². The number of hydrogen-bond acceptors (Lipinski definition) is 3. The summed E-state index contributed by atoms with van der Waals surface area (Å²) in [6.07, 6.45) is 3.16. The van der Waals surface area contributed by atoms with Crippen LogP contribution in [0.3, 0.4) is 0 Å². The fourth-order valence-electron chi connectivity index (χ4n) is 2.49. The predicted molar refractivity (Wildman–Crippen MR) is 110 cm³/mol. The number of primary amides is 1. The van der Waals surface area contributed by atoms with E-state index in [1.165, 1.54) is 6.08 Å². The highest BCUT2D eigenvalue weighted by molar-refractivity contribution is 6.02. The van der Waals surface area contributed by atoms with Crippen molar-refractivity contribution in [2.24, 2.45) is 5.73 Å². The van der Waals surface area contributed by atoms with E-state index in [9.17, 15) is 9.59 Å². The van der Waals surface area contributed by atoms with Crippen LogP contribution in [0.5, 0.6) is 5.75 Å². The number of ether oxygens (including phenoxy) is 1. The molecule has 5 heteroatoms. The average molecular weight is 372 g/mol. The Balaban J connectivity index is 1.52. The Morgan fingerprint density at radius 3 is 2.21 bits per heavy atom. The second kappa shape index (κ2) is 9.19. The van der Waals surface area contributed by atoms with E-state index in [4.69, 9.17) is 10.5 Å². The molecule has 0 spiro atoms. The Morgan fingerprint density at radius 1 is 0.893 bits per heavy atom. The SMILES string of the molecule is NC(=O)c1ccc(NC(=O)C=Cc2ccc(OCc3ccccc3)cc2)cc1. The lowest BCUT2D eigenvalue weighted by atomic mass is 10.2. The molecule has 0 atom stereocenters. The van der Waals surface area contributed by atoms with E-state index in [0.717, 1.165) is 16.9 Å². The molecule has 140 valence electrons. The van der Waals surface area contributed by atoms with Crippen molar-refractivity contribution in [1.29, 1.82) is 0 Å². The van der Waals surface area contributed by atoms with Gasteiger partial charge in [0.25, 0.3) is 0 Å². The molecule has 0 aliphatic carbocycles. The summed E-state index contributed by atoms with van der Waals surface area (Å²) < 4.78 is 5.74. The van der Waals surface area contributed by atoms with Crippen molar-refractivity contribution < 1.29 is 14.3 Å². The zero-order valence-corrected chi connectivity index (χ0v) is 15.2. The molecule has 0 aliphatic heterocycles. The zero-order valence-electron chi connectivity index (χ0n) is 15.2. The van der Waals surface area contributed by atoms with Crippen LogP contribution in [0.4, 0.5) is 5.69 Å². The monoisotopic (exact) mass is 372 g/mol. The second-order valence-corrected chi connectivity index (χ2v) is 6.11. The third-order valence-corrected chi connectivity index (χ3v) is 3.99.